The summed E-state index contributed by atoms with van der Waals surface area (Å²) in [6.07, 6.45) is 1.58. The van der Waals surface area contributed by atoms with Gasteiger partial charge >= 0.3 is 0 Å². The van der Waals surface area contributed by atoms with Crippen LogP contribution in [0.1, 0.15) is 5.56 Å². The van der Waals surface area contributed by atoms with Crippen LogP contribution in [0.25, 0.3) is 0 Å². The molecule has 0 aromatic heterocycles. The van der Waals surface area contributed by atoms with Gasteiger partial charge < -0.3 is 4.74 Å². The summed E-state index contributed by atoms with van der Waals surface area (Å²) in [6.45, 7) is 0. The summed E-state index contributed by atoms with van der Waals surface area (Å²) in [5, 5.41) is 0. The average Bonchev–Trinajstić information content (AvgIpc) is 2.48. The fourth-order valence-electron chi connectivity index (χ4n) is 1.64. The Hall–Kier alpha value is -2.25. The third-order valence-corrected chi connectivity index (χ3v) is 4.28. The van der Waals surface area contributed by atoms with Crippen LogP contribution in [0, 0.1) is 12.0 Å². The van der Waals surface area contributed by atoms with E-state index in [1.165, 1.54) is 0 Å². The Bertz CT molecular complexity index is 764. The van der Waals surface area contributed by atoms with Gasteiger partial charge in [-0.05, 0) is 30.2 Å². The third-order valence-electron chi connectivity index (χ3n) is 2.70. The number of hydrogen-bond acceptors (Lipinski definition) is 3. The first-order chi connectivity index (χ1) is 9.63. The van der Waals surface area contributed by atoms with Crippen LogP contribution in [-0.4, -0.2) is 17.6 Å². The third kappa shape index (κ3) is 3.40. The molecule has 0 saturated heterocycles. The lowest BCUT2D eigenvalue weighted by Crippen LogP contribution is -1.95. The van der Waals surface area contributed by atoms with Crippen LogP contribution in [0.3, 0.4) is 0 Å². The summed E-state index contributed by atoms with van der Waals surface area (Å²) < 4.78 is 21.6. The highest BCUT2D eigenvalue weighted by Gasteiger charge is 2.03. The van der Waals surface area contributed by atoms with Gasteiger partial charge in [0.15, 0.2) is 0 Å². The van der Waals surface area contributed by atoms with Crippen LogP contribution in [0.5, 0.6) is 5.75 Å². The minimum absolute atomic E-state index is 0.675. The van der Waals surface area contributed by atoms with Crippen molar-refractivity contribution in [1.29, 1.82) is 0 Å². The molecular weight excluding hydrogens is 270 g/mol. The molecule has 2 aromatic rings. The van der Waals surface area contributed by atoms with Crippen LogP contribution in [0.2, 0.25) is 0 Å². The summed E-state index contributed by atoms with van der Waals surface area (Å²) in [7, 11) is -0.902. The minimum atomic E-state index is -2.49. The van der Waals surface area contributed by atoms with E-state index in [1.807, 2.05) is 42.5 Å². The summed E-state index contributed by atoms with van der Waals surface area (Å²) in [4.78, 5) is 0.675. The second kappa shape index (κ2) is 6.27. The second-order valence-corrected chi connectivity index (χ2v) is 6.40. The maximum atomic E-state index is 12.4. The van der Waals surface area contributed by atoms with Crippen molar-refractivity contribution in [3.63, 3.8) is 0 Å². The number of nitrogens with zero attached hydrogens (tertiary/aromatic N) is 1. The molecule has 1 atom stereocenters. The van der Waals surface area contributed by atoms with E-state index < -0.39 is 9.73 Å². The van der Waals surface area contributed by atoms with Crippen LogP contribution < -0.4 is 4.74 Å². The molecule has 3 nitrogen and oxygen atoms in total. The van der Waals surface area contributed by atoms with E-state index in [4.69, 9.17) is 4.74 Å². The predicted molar refractivity (Wildman–Crippen MR) is 81.1 cm³/mol. The van der Waals surface area contributed by atoms with E-state index >= 15 is 0 Å². The Morgan fingerprint density at radius 2 is 1.70 bits per heavy atom. The van der Waals surface area contributed by atoms with E-state index in [0.717, 1.165) is 5.56 Å². The van der Waals surface area contributed by atoms with Crippen molar-refractivity contribution in [3.8, 4) is 17.7 Å². The zero-order valence-electron chi connectivity index (χ0n) is 11.4. The maximum Gasteiger partial charge on any atom is 0.134 e. The van der Waals surface area contributed by atoms with Crippen molar-refractivity contribution in [2.24, 2.45) is 4.36 Å². The Morgan fingerprint density at radius 1 is 1.05 bits per heavy atom. The molecule has 0 heterocycles. The smallest absolute Gasteiger partial charge is 0.134 e. The minimum Gasteiger partial charge on any atom is -0.495 e. The van der Waals surface area contributed by atoms with Crippen molar-refractivity contribution in [2.45, 2.75) is 4.90 Å². The van der Waals surface area contributed by atoms with Gasteiger partial charge in [-0.1, -0.05) is 30.3 Å². The number of methoxy groups -OCH3 is 1. The normalized spacial score (nSPS) is 12.7. The molecule has 0 N–H and O–H groups in total. The average molecular weight is 285 g/mol. The molecule has 2 rings (SSSR count). The molecule has 0 aliphatic carbocycles. The molecular formula is C16H15NO2S. The lowest BCUT2D eigenvalue weighted by molar-refractivity contribution is 0.413. The highest BCUT2D eigenvalue weighted by Crippen LogP contribution is 2.15. The van der Waals surface area contributed by atoms with Crippen LogP contribution in [-0.2, 0) is 9.73 Å². The molecule has 4 heteroatoms. The quantitative estimate of drug-likeness (QED) is 0.795. The first-order valence-electron chi connectivity index (χ1n) is 6.04. The second-order valence-electron chi connectivity index (χ2n) is 4.14. The van der Waals surface area contributed by atoms with E-state index in [-0.39, 0.29) is 0 Å². The SMILES string of the molecule is COc1ccccc1C#CN=S(C)(=O)c1ccccc1. The van der Waals surface area contributed by atoms with Crippen LogP contribution in [0.15, 0.2) is 63.9 Å². The largest absolute Gasteiger partial charge is 0.495 e. The number of ether oxygens (including phenoxy) is 1. The van der Waals surface area contributed by atoms with Gasteiger partial charge in [-0.15, -0.1) is 4.36 Å². The Labute approximate surface area is 119 Å². The van der Waals surface area contributed by atoms with Crippen LogP contribution in [0.4, 0.5) is 0 Å². The fourth-order valence-corrected chi connectivity index (χ4v) is 2.63. The molecule has 0 radical (unpaired) electrons. The van der Waals surface area contributed by atoms with Gasteiger partial charge in [0.2, 0.25) is 0 Å². The number of rotatable bonds is 2. The molecule has 0 aliphatic rings. The predicted octanol–water partition coefficient (Wildman–Crippen LogP) is 3.16. The lowest BCUT2D eigenvalue weighted by atomic mass is 10.2. The molecule has 0 aliphatic heterocycles. The highest BCUT2D eigenvalue weighted by molar-refractivity contribution is 7.93. The van der Waals surface area contributed by atoms with E-state index in [9.17, 15) is 4.21 Å². The monoisotopic (exact) mass is 285 g/mol. The van der Waals surface area contributed by atoms with Gasteiger partial charge in [0.25, 0.3) is 0 Å². The van der Waals surface area contributed by atoms with Crippen molar-refractivity contribution < 1.29 is 8.95 Å². The van der Waals surface area contributed by atoms with Gasteiger partial charge in [-0.25, -0.2) is 4.21 Å². The zero-order valence-corrected chi connectivity index (χ0v) is 12.2. The molecule has 102 valence electrons. The highest BCUT2D eigenvalue weighted by atomic mass is 32.2. The van der Waals surface area contributed by atoms with E-state index in [0.29, 0.717) is 10.6 Å². The molecule has 1 unspecified atom stereocenters. The number of para-hydroxylation sites is 1. The lowest BCUT2D eigenvalue weighted by Gasteiger charge is -2.01. The van der Waals surface area contributed by atoms with E-state index in [1.54, 1.807) is 25.5 Å². The van der Waals surface area contributed by atoms with Gasteiger partial charge in [0.1, 0.15) is 5.75 Å². The van der Waals surface area contributed by atoms with Gasteiger partial charge in [-0.3, -0.25) is 0 Å². The maximum absolute atomic E-state index is 12.4. The Morgan fingerprint density at radius 3 is 2.40 bits per heavy atom. The van der Waals surface area contributed by atoms with Gasteiger partial charge in [0.05, 0.1) is 28.4 Å². The number of benzene rings is 2. The fraction of sp³-hybridized carbons (Fsp3) is 0.125. The van der Waals surface area contributed by atoms with Crippen molar-refractivity contribution in [1.82, 2.24) is 0 Å². The zero-order chi connectivity index (χ0) is 14.4. The Balaban J connectivity index is 2.35. The summed E-state index contributed by atoms with van der Waals surface area (Å²) in [6, 6.07) is 19.2. The molecule has 20 heavy (non-hydrogen) atoms. The van der Waals surface area contributed by atoms with Crippen molar-refractivity contribution >= 4 is 9.73 Å². The van der Waals surface area contributed by atoms with Gasteiger partial charge in [0, 0.05) is 11.2 Å². The topological polar surface area (TPSA) is 38.7 Å². The molecule has 0 fully saturated rings. The molecule has 0 spiro atoms. The summed E-state index contributed by atoms with van der Waals surface area (Å²) >= 11 is 0. The van der Waals surface area contributed by atoms with Crippen LogP contribution >= 0.6 is 0 Å². The van der Waals surface area contributed by atoms with Crippen molar-refractivity contribution in [2.75, 3.05) is 13.4 Å². The molecule has 0 saturated carbocycles. The summed E-state index contributed by atoms with van der Waals surface area (Å²) in [5.41, 5.74) is 0.724. The first kappa shape index (κ1) is 14.2. The molecule has 0 amide bonds. The molecule has 0 bridgehead atoms. The molecule has 2 aromatic carbocycles. The first-order valence-corrected chi connectivity index (χ1v) is 7.96. The van der Waals surface area contributed by atoms with Crippen molar-refractivity contribution in [3.05, 3.63) is 60.2 Å². The number of hydrogen-bond donors (Lipinski definition) is 0. The Kier molecular flexibility index (Phi) is 4.44. The summed E-state index contributed by atoms with van der Waals surface area (Å²) in [5.74, 6) is 3.55. The standard InChI is InChI=1S/C16H15NO2S/c1-19-16-11-7-6-8-14(16)12-13-17-20(2,18)15-9-4-3-5-10-15/h3-11H,1-2H3. The van der Waals surface area contributed by atoms with E-state index in [2.05, 4.69) is 16.3 Å². The van der Waals surface area contributed by atoms with Gasteiger partial charge in [-0.2, -0.15) is 0 Å².